The minimum absolute atomic E-state index is 0.245. The molecule has 104 valence electrons. The molecule has 0 amide bonds. The number of aliphatic carboxylic acids is 1. The van der Waals surface area contributed by atoms with Crippen molar-refractivity contribution >= 4 is 5.97 Å². The van der Waals surface area contributed by atoms with Gasteiger partial charge in [-0.2, -0.15) is 0 Å². The van der Waals surface area contributed by atoms with Crippen LogP contribution in [-0.2, 0) is 14.3 Å². The summed E-state index contributed by atoms with van der Waals surface area (Å²) in [7, 11) is 1.73. The van der Waals surface area contributed by atoms with Gasteiger partial charge in [-0.25, -0.2) is 0 Å². The monoisotopic (exact) mass is 257 g/mol. The maximum atomic E-state index is 11.6. The molecule has 0 bridgehead atoms. The molecule has 0 aromatic rings. The number of rotatable bonds is 4. The summed E-state index contributed by atoms with van der Waals surface area (Å²) < 4.78 is 10.8. The largest absolute Gasteiger partial charge is 0.481 e. The zero-order chi connectivity index (χ0) is 13.0. The zero-order valence-corrected chi connectivity index (χ0v) is 11.1. The summed E-state index contributed by atoms with van der Waals surface area (Å²) in [5.41, 5.74) is -0.714. The molecule has 1 N–H and O–H groups in total. The standard InChI is InChI=1S/C13H23NO4/c1-17-11-4-2-6-14(8-11)9-13(12(15)16)5-3-7-18-10-13/h11H,2-10H2,1H3,(H,15,16). The van der Waals surface area contributed by atoms with Gasteiger partial charge in [-0.15, -0.1) is 0 Å². The van der Waals surface area contributed by atoms with Crippen molar-refractivity contribution in [3.63, 3.8) is 0 Å². The fourth-order valence-electron chi connectivity index (χ4n) is 2.99. The summed E-state index contributed by atoms with van der Waals surface area (Å²) in [4.78, 5) is 13.8. The highest BCUT2D eigenvalue weighted by Crippen LogP contribution is 2.31. The molecule has 0 aromatic heterocycles. The maximum Gasteiger partial charge on any atom is 0.313 e. The van der Waals surface area contributed by atoms with E-state index < -0.39 is 11.4 Å². The van der Waals surface area contributed by atoms with Crippen molar-refractivity contribution in [1.29, 1.82) is 0 Å². The number of methoxy groups -OCH3 is 1. The topological polar surface area (TPSA) is 59.0 Å². The number of likely N-dealkylation sites (tertiary alicyclic amines) is 1. The first-order valence-electron chi connectivity index (χ1n) is 6.72. The van der Waals surface area contributed by atoms with Crippen LogP contribution in [0.5, 0.6) is 0 Å². The molecule has 2 aliphatic rings. The van der Waals surface area contributed by atoms with Gasteiger partial charge < -0.3 is 14.6 Å². The Balaban J connectivity index is 1.98. The minimum atomic E-state index is -0.721. The van der Waals surface area contributed by atoms with E-state index in [1.54, 1.807) is 7.11 Å². The highest BCUT2D eigenvalue weighted by Gasteiger charge is 2.42. The molecule has 2 rings (SSSR count). The molecule has 0 aliphatic carbocycles. The lowest BCUT2D eigenvalue weighted by Gasteiger charge is -2.40. The number of ether oxygens (including phenoxy) is 2. The molecule has 18 heavy (non-hydrogen) atoms. The van der Waals surface area contributed by atoms with Crippen molar-refractivity contribution in [2.45, 2.75) is 31.8 Å². The number of piperidine rings is 1. The molecular weight excluding hydrogens is 234 g/mol. The molecule has 2 atom stereocenters. The summed E-state index contributed by atoms with van der Waals surface area (Å²) in [5.74, 6) is -0.721. The minimum Gasteiger partial charge on any atom is -0.481 e. The van der Waals surface area contributed by atoms with E-state index in [2.05, 4.69) is 4.90 Å². The number of hydrogen-bond donors (Lipinski definition) is 1. The van der Waals surface area contributed by atoms with E-state index in [4.69, 9.17) is 9.47 Å². The van der Waals surface area contributed by atoms with E-state index in [0.717, 1.165) is 38.8 Å². The fraction of sp³-hybridized carbons (Fsp3) is 0.923. The van der Waals surface area contributed by atoms with Crippen LogP contribution in [0.2, 0.25) is 0 Å². The highest BCUT2D eigenvalue weighted by molar-refractivity contribution is 5.75. The first-order valence-corrected chi connectivity index (χ1v) is 6.72. The number of hydrogen-bond acceptors (Lipinski definition) is 4. The molecule has 0 spiro atoms. The van der Waals surface area contributed by atoms with Crippen molar-refractivity contribution in [1.82, 2.24) is 4.90 Å². The van der Waals surface area contributed by atoms with Gasteiger partial charge >= 0.3 is 5.97 Å². The molecule has 2 unspecified atom stereocenters. The normalized spacial score (nSPS) is 34.4. The first-order chi connectivity index (χ1) is 8.66. The Labute approximate surface area is 108 Å². The predicted octanol–water partition coefficient (Wildman–Crippen LogP) is 0.979. The molecule has 5 heteroatoms. The predicted molar refractivity (Wildman–Crippen MR) is 66.6 cm³/mol. The molecule has 2 heterocycles. The van der Waals surface area contributed by atoms with Gasteiger partial charge in [0, 0.05) is 26.8 Å². The average molecular weight is 257 g/mol. The third-order valence-electron chi connectivity index (χ3n) is 4.10. The Morgan fingerprint density at radius 3 is 3.00 bits per heavy atom. The molecule has 2 saturated heterocycles. The summed E-state index contributed by atoms with van der Waals surface area (Å²) >= 11 is 0. The lowest BCUT2D eigenvalue weighted by atomic mass is 9.81. The van der Waals surface area contributed by atoms with Gasteiger partial charge in [0.25, 0.3) is 0 Å². The second kappa shape index (κ2) is 5.99. The van der Waals surface area contributed by atoms with E-state index in [0.29, 0.717) is 19.8 Å². The molecule has 5 nitrogen and oxygen atoms in total. The molecule has 0 aromatic carbocycles. The van der Waals surface area contributed by atoms with Gasteiger partial charge in [-0.3, -0.25) is 9.69 Å². The number of carboxylic acid groups (broad SMARTS) is 1. The van der Waals surface area contributed by atoms with Crippen LogP contribution in [0.25, 0.3) is 0 Å². The highest BCUT2D eigenvalue weighted by atomic mass is 16.5. The average Bonchev–Trinajstić information content (AvgIpc) is 2.40. The smallest absolute Gasteiger partial charge is 0.313 e. The Morgan fingerprint density at radius 1 is 1.56 bits per heavy atom. The van der Waals surface area contributed by atoms with Crippen LogP contribution in [0.3, 0.4) is 0 Å². The molecular formula is C13H23NO4. The first kappa shape index (κ1) is 13.8. The van der Waals surface area contributed by atoms with Crippen LogP contribution in [0, 0.1) is 5.41 Å². The third kappa shape index (κ3) is 3.02. The van der Waals surface area contributed by atoms with Gasteiger partial charge in [0.1, 0.15) is 5.41 Å². The summed E-state index contributed by atoms with van der Waals surface area (Å²) in [6.07, 6.45) is 3.96. The quantitative estimate of drug-likeness (QED) is 0.813. The second-order valence-electron chi connectivity index (χ2n) is 5.48. The number of carbonyl (C=O) groups is 1. The lowest BCUT2D eigenvalue weighted by molar-refractivity contribution is -0.160. The van der Waals surface area contributed by atoms with E-state index in [1.165, 1.54) is 0 Å². The Hall–Kier alpha value is -0.650. The summed E-state index contributed by atoms with van der Waals surface area (Å²) in [5, 5.41) is 9.50. The van der Waals surface area contributed by atoms with Gasteiger partial charge in [-0.1, -0.05) is 0 Å². The Morgan fingerprint density at radius 2 is 2.39 bits per heavy atom. The second-order valence-corrected chi connectivity index (χ2v) is 5.48. The van der Waals surface area contributed by atoms with Crippen LogP contribution < -0.4 is 0 Å². The van der Waals surface area contributed by atoms with Crippen LogP contribution in [0.1, 0.15) is 25.7 Å². The molecule has 2 fully saturated rings. The van der Waals surface area contributed by atoms with Gasteiger partial charge in [0.05, 0.1) is 12.7 Å². The maximum absolute atomic E-state index is 11.6. The SMILES string of the molecule is COC1CCCN(CC2(C(=O)O)CCCOC2)C1. The van der Waals surface area contributed by atoms with E-state index >= 15 is 0 Å². The van der Waals surface area contributed by atoms with Gasteiger partial charge in [0.2, 0.25) is 0 Å². The van der Waals surface area contributed by atoms with Crippen molar-refractivity contribution in [3.05, 3.63) is 0 Å². The van der Waals surface area contributed by atoms with Gasteiger partial charge in [0.15, 0.2) is 0 Å². The molecule has 0 saturated carbocycles. The number of nitrogens with zero attached hydrogens (tertiary/aromatic N) is 1. The van der Waals surface area contributed by atoms with Crippen LogP contribution >= 0.6 is 0 Å². The number of carboxylic acids is 1. The van der Waals surface area contributed by atoms with Crippen LogP contribution in [-0.4, -0.2) is 62.0 Å². The van der Waals surface area contributed by atoms with Crippen molar-refractivity contribution in [3.8, 4) is 0 Å². The Kier molecular flexibility index (Phi) is 4.59. The van der Waals surface area contributed by atoms with E-state index in [9.17, 15) is 9.90 Å². The molecule has 2 aliphatic heterocycles. The summed E-state index contributed by atoms with van der Waals surface area (Å²) in [6.45, 7) is 3.43. The fourth-order valence-corrected chi connectivity index (χ4v) is 2.99. The van der Waals surface area contributed by atoms with Crippen molar-refractivity contribution in [2.24, 2.45) is 5.41 Å². The third-order valence-corrected chi connectivity index (χ3v) is 4.10. The van der Waals surface area contributed by atoms with Gasteiger partial charge in [-0.05, 0) is 32.2 Å². The van der Waals surface area contributed by atoms with E-state index in [-0.39, 0.29) is 6.10 Å². The summed E-state index contributed by atoms with van der Waals surface area (Å²) in [6, 6.07) is 0. The molecule has 0 radical (unpaired) electrons. The zero-order valence-electron chi connectivity index (χ0n) is 11.1. The van der Waals surface area contributed by atoms with Crippen LogP contribution in [0.4, 0.5) is 0 Å². The van der Waals surface area contributed by atoms with Crippen molar-refractivity contribution in [2.75, 3.05) is 40.0 Å². The van der Waals surface area contributed by atoms with E-state index in [1.807, 2.05) is 0 Å². The Bertz CT molecular complexity index is 289. The van der Waals surface area contributed by atoms with Crippen LogP contribution in [0.15, 0.2) is 0 Å². The van der Waals surface area contributed by atoms with Crippen molar-refractivity contribution < 1.29 is 19.4 Å². The lowest BCUT2D eigenvalue weighted by Crippen LogP contribution is -2.51.